The molecule has 0 unspecified atom stereocenters. The van der Waals surface area contributed by atoms with Crippen LogP contribution in [0.2, 0.25) is 0 Å². The summed E-state index contributed by atoms with van der Waals surface area (Å²) in [6.45, 7) is 3.40. The Bertz CT molecular complexity index is 501. The normalized spacial score (nSPS) is 11.6. The summed E-state index contributed by atoms with van der Waals surface area (Å²) in [5, 5.41) is 6.29. The molecule has 0 saturated heterocycles. The molecule has 2 N–H and O–H groups in total. The largest absolute Gasteiger partial charge is 0.434 e. The maximum absolute atomic E-state index is 12.4. The molecule has 0 bridgehead atoms. The van der Waals surface area contributed by atoms with Gasteiger partial charge in [0.05, 0.1) is 0 Å². The van der Waals surface area contributed by atoms with E-state index >= 15 is 0 Å². The van der Waals surface area contributed by atoms with Crippen molar-refractivity contribution in [1.29, 1.82) is 0 Å². The molecular formula is C16H27F2IN4O. The maximum Gasteiger partial charge on any atom is 0.387 e. The van der Waals surface area contributed by atoms with Crippen molar-refractivity contribution in [3.05, 3.63) is 29.8 Å². The summed E-state index contributed by atoms with van der Waals surface area (Å²) >= 11 is 0. The van der Waals surface area contributed by atoms with E-state index in [4.69, 9.17) is 0 Å². The van der Waals surface area contributed by atoms with Crippen LogP contribution in [0, 0.1) is 0 Å². The van der Waals surface area contributed by atoms with Crippen LogP contribution < -0.4 is 15.4 Å². The minimum Gasteiger partial charge on any atom is -0.434 e. The summed E-state index contributed by atoms with van der Waals surface area (Å²) in [5.41, 5.74) is 0.648. The summed E-state index contributed by atoms with van der Waals surface area (Å²) in [6, 6.07) is 7.19. The van der Waals surface area contributed by atoms with Gasteiger partial charge in [-0.05, 0) is 27.0 Å². The van der Waals surface area contributed by atoms with Gasteiger partial charge in [0.25, 0.3) is 0 Å². The number of alkyl halides is 2. The molecule has 1 rings (SSSR count). The van der Waals surface area contributed by atoms with Gasteiger partial charge in [0, 0.05) is 38.3 Å². The Morgan fingerprint density at radius 1 is 1.25 bits per heavy atom. The number of nitrogens with one attached hydrogen (secondary N) is 2. The Balaban J connectivity index is 0.00000529. The maximum atomic E-state index is 12.4. The smallest absolute Gasteiger partial charge is 0.387 e. The van der Waals surface area contributed by atoms with Crippen LogP contribution in [0.1, 0.15) is 19.4 Å². The van der Waals surface area contributed by atoms with Crippen molar-refractivity contribution < 1.29 is 13.5 Å². The number of rotatable bonds is 8. The molecule has 0 aromatic heterocycles. The van der Waals surface area contributed by atoms with Crippen LogP contribution in [0.15, 0.2) is 29.3 Å². The van der Waals surface area contributed by atoms with Crippen LogP contribution >= 0.6 is 24.0 Å². The standard InChI is InChI=1S/C16H26F2N4O.HI/c1-12(2)22(4)10-9-20-16(19-3)21-11-13-7-5-6-8-14(13)23-15(17)18;/h5-8,12,15H,9-11H2,1-4H3,(H2,19,20,21);1H. The number of ether oxygens (including phenoxy) is 1. The zero-order valence-electron chi connectivity index (χ0n) is 14.6. The van der Waals surface area contributed by atoms with Crippen molar-refractivity contribution in [3.8, 4) is 5.75 Å². The third-order valence-electron chi connectivity index (χ3n) is 3.50. The molecule has 5 nitrogen and oxygen atoms in total. The fourth-order valence-electron chi connectivity index (χ4n) is 1.87. The Hall–Kier alpha value is -1.16. The van der Waals surface area contributed by atoms with Crippen molar-refractivity contribution in [2.75, 3.05) is 27.2 Å². The lowest BCUT2D eigenvalue weighted by Crippen LogP contribution is -2.41. The zero-order valence-corrected chi connectivity index (χ0v) is 16.9. The molecule has 0 aliphatic heterocycles. The van der Waals surface area contributed by atoms with E-state index in [1.54, 1.807) is 25.2 Å². The van der Waals surface area contributed by atoms with Crippen LogP contribution in [-0.2, 0) is 6.54 Å². The summed E-state index contributed by atoms with van der Waals surface area (Å²) in [5.74, 6) is 0.791. The van der Waals surface area contributed by atoms with Crippen LogP contribution in [0.25, 0.3) is 0 Å². The fraction of sp³-hybridized carbons (Fsp3) is 0.562. The first-order chi connectivity index (χ1) is 10.9. The number of benzene rings is 1. The second-order valence-electron chi connectivity index (χ2n) is 5.41. The van der Waals surface area contributed by atoms with Gasteiger partial charge in [-0.15, -0.1) is 24.0 Å². The van der Waals surface area contributed by atoms with Gasteiger partial charge in [0.15, 0.2) is 5.96 Å². The van der Waals surface area contributed by atoms with Gasteiger partial charge in [0.2, 0.25) is 0 Å². The van der Waals surface area contributed by atoms with Gasteiger partial charge in [-0.2, -0.15) is 8.78 Å². The molecule has 0 atom stereocenters. The molecule has 0 amide bonds. The van der Waals surface area contributed by atoms with Crippen molar-refractivity contribution in [1.82, 2.24) is 15.5 Å². The number of guanidine groups is 1. The van der Waals surface area contributed by atoms with Crippen molar-refractivity contribution in [2.24, 2.45) is 4.99 Å². The Labute approximate surface area is 159 Å². The van der Waals surface area contributed by atoms with Gasteiger partial charge < -0.3 is 20.3 Å². The Morgan fingerprint density at radius 3 is 2.50 bits per heavy atom. The summed E-state index contributed by atoms with van der Waals surface area (Å²) in [7, 11) is 3.73. The average Bonchev–Trinajstić information content (AvgIpc) is 2.51. The molecule has 0 heterocycles. The molecule has 0 fully saturated rings. The molecule has 0 spiro atoms. The zero-order chi connectivity index (χ0) is 17.2. The third-order valence-corrected chi connectivity index (χ3v) is 3.50. The second-order valence-corrected chi connectivity index (χ2v) is 5.41. The summed E-state index contributed by atoms with van der Waals surface area (Å²) in [4.78, 5) is 6.34. The number of hydrogen-bond acceptors (Lipinski definition) is 3. The van der Waals surface area contributed by atoms with Crippen LogP contribution in [0.3, 0.4) is 0 Å². The first kappa shape index (κ1) is 22.8. The van der Waals surface area contributed by atoms with E-state index in [-0.39, 0.29) is 29.7 Å². The topological polar surface area (TPSA) is 48.9 Å². The highest BCUT2D eigenvalue weighted by molar-refractivity contribution is 14.0. The molecule has 1 aromatic rings. The molecule has 0 saturated carbocycles. The average molecular weight is 456 g/mol. The van der Waals surface area contributed by atoms with Gasteiger partial charge in [-0.3, -0.25) is 4.99 Å². The van der Waals surface area contributed by atoms with Crippen LogP contribution in [0.5, 0.6) is 5.75 Å². The SMILES string of the molecule is CN=C(NCCN(C)C(C)C)NCc1ccccc1OC(F)F.I. The van der Waals surface area contributed by atoms with E-state index in [2.05, 4.69) is 46.2 Å². The predicted octanol–water partition coefficient (Wildman–Crippen LogP) is 2.91. The molecule has 0 radical (unpaired) electrons. The van der Waals surface area contributed by atoms with Crippen molar-refractivity contribution >= 4 is 29.9 Å². The number of para-hydroxylation sites is 1. The second kappa shape index (κ2) is 12.2. The van der Waals surface area contributed by atoms with Gasteiger partial charge in [-0.25, -0.2) is 0 Å². The van der Waals surface area contributed by atoms with Gasteiger partial charge >= 0.3 is 6.61 Å². The van der Waals surface area contributed by atoms with Crippen molar-refractivity contribution in [2.45, 2.75) is 33.0 Å². The molecule has 8 heteroatoms. The number of hydrogen-bond donors (Lipinski definition) is 2. The van der Waals surface area contributed by atoms with Crippen molar-refractivity contribution in [3.63, 3.8) is 0 Å². The van der Waals surface area contributed by atoms with E-state index in [1.165, 1.54) is 6.07 Å². The first-order valence-electron chi connectivity index (χ1n) is 7.61. The highest BCUT2D eigenvalue weighted by Crippen LogP contribution is 2.19. The van der Waals surface area contributed by atoms with Crippen LogP contribution in [-0.4, -0.2) is 50.7 Å². The Morgan fingerprint density at radius 2 is 1.92 bits per heavy atom. The number of nitrogens with zero attached hydrogens (tertiary/aromatic N) is 2. The molecule has 138 valence electrons. The summed E-state index contributed by atoms with van der Waals surface area (Å²) < 4.78 is 29.3. The monoisotopic (exact) mass is 456 g/mol. The van der Waals surface area contributed by atoms with Gasteiger partial charge in [-0.1, -0.05) is 18.2 Å². The third kappa shape index (κ3) is 8.62. The lowest BCUT2D eigenvalue weighted by molar-refractivity contribution is -0.0504. The predicted molar refractivity (Wildman–Crippen MR) is 104 cm³/mol. The van der Waals surface area contributed by atoms with E-state index < -0.39 is 6.61 Å². The highest BCUT2D eigenvalue weighted by atomic mass is 127. The van der Waals surface area contributed by atoms with E-state index in [0.29, 0.717) is 24.1 Å². The molecular weight excluding hydrogens is 429 g/mol. The summed E-state index contributed by atoms with van der Waals surface area (Å²) in [6.07, 6.45) is 0. The minimum atomic E-state index is -2.83. The fourth-order valence-corrected chi connectivity index (χ4v) is 1.87. The van der Waals surface area contributed by atoms with Crippen LogP contribution in [0.4, 0.5) is 8.78 Å². The van der Waals surface area contributed by atoms with E-state index in [9.17, 15) is 8.78 Å². The number of aliphatic imine (C=N–C) groups is 1. The lowest BCUT2D eigenvalue weighted by Gasteiger charge is -2.21. The highest BCUT2D eigenvalue weighted by Gasteiger charge is 2.09. The minimum absolute atomic E-state index is 0. The molecule has 24 heavy (non-hydrogen) atoms. The quantitative estimate of drug-likeness (QED) is 0.359. The van der Waals surface area contributed by atoms with E-state index in [1.807, 2.05) is 0 Å². The van der Waals surface area contributed by atoms with Gasteiger partial charge in [0.1, 0.15) is 5.75 Å². The molecule has 0 aliphatic carbocycles. The van der Waals surface area contributed by atoms with E-state index in [0.717, 1.165) is 13.1 Å². The molecule has 0 aliphatic rings. The number of likely N-dealkylation sites (N-methyl/N-ethyl adjacent to an activating group) is 1. The Kier molecular flexibility index (Phi) is 11.6. The first-order valence-corrected chi connectivity index (χ1v) is 7.61. The number of halogens is 3. The lowest BCUT2D eigenvalue weighted by atomic mass is 10.2. The molecule has 1 aromatic carbocycles.